The monoisotopic (exact) mass is 274 g/mol. The first-order valence-electron chi connectivity index (χ1n) is 6.78. The molecule has 0 aliphatic heterocycles. The van der Waals surface area contributed by atoms with E-state index in [9.17, 15) is 4.79 Å². The minimum absolute atomic E-state index is 0.0598. The lowest BCUT2D eigenvalue weighted by Gasteiger charge is -2.22. The fraction of sp³-hybridized carbons (Fsp3) is 0.375. The maximum absolute atomic E-state index is 11.8. The second-order valence-corrected chi connectivity index (χ2v) is 4.47. The summed E-state index contributed by atoms with van der Waals surface area (Å²) in [6.07, 6.45) is 11.1. The van der Waals surface area contributed by atoms with Gasteiger partial charge in [-0.1, -0.05) is 38.7 Å². The van der Waals surface area contributed by atoms with Crippen molar-refractivity contribution in [1.82, 2.24) is 9.88 Å². The highest BCUT2D eigenvalue weighted by Gasteiger charge is 2.19. The molecule has 0 spiro atoms. The van der Waals surface area contributed by atoms with E-state index in [1.807, 2.05) is 39.0 Å². The van der Waals surface area contributed by atoms with Crippen LogP contribution in [0.15, 0.2) is 47.9 Å². The van der Waals surface area contributed by atoms with Crippen molar-refractivity contribution < 1.29 is 9.21 Å². The lowest BCUT2D eigenvalue weighted by molar-refractivity contribution is -0.128. The average molecular weight is 274 g/mol. The summed E-state index contributed by atoms with van der Waals surface area (Å²) in [6, 6.07) is 0. The Hall–Kier alpha value is -2.10. The Morgan fingerprint density at radius 3 is 2.85 bits per heavy atom. The summed E-state index contributed by atoms with van der Waals surface area (Å²) in [5, 5.41) is 0. The molecule has 1 rings (SSSR count). The number of aromatic nitrogens is 1. The summed E-state index contributed by atoms with van der Waals surface area (Å²) in [7, 11) is 0. The van der Waals surface area contributed by atoms with Crippen LogP contribution < -0.4 is 0 Å². The number of hydrogen-bond donors (Lipinski definition) is 0. The Bertz CT molecular complexity index is 487. The van der Waals surface area contributed by atoms with Gasteiger partial charge in [-0.05, 0) is 13.1 Å². The van der Waals surface area contributed by atoms with Crippen molar-refractivity contribution in [2.75, 3.05) is 6.54 Å². The van der Waals surface area contributed by atoms with Gasteiger partial charge in [0.2, 0.25) is 11.8 Å². The van der Waals surface area contributed by atoms with Crippen LogP contribution in [-0.4, -0.2) is 22.3 Å². The number of oxazole rings is 1. The van der Waals surface area contributed by atoms with Gasteiger partial charge in [0.15, 0.2) is 0 Å². The number of rotatable bonds is 7. The summed E-state index contributed by atoms with van der Waals surface area (Å²) in [5.41, 5.74) is 0.962. The highest BCUT2D eigenvalue weighted by molar-refractivity contribution is 5.77. The molecule has 0 N–H and O–H groups in total. The molecule has 0 radical (unpaired) electrons. The number of allylic oxidation sites excluding steroid dienone is 3. The lowest BCUT2D eigenvalue weighted by Crippen LogP contribution is -2.29. The quantitative estimate of drug-likeness (QED) is 0.713. The normalized spacial score (nSPS) is 13.4. The molecule has 0 bridgehead atoms. The molecule has 1 amide bonds. The van der Waals surface area contributed by atoms with E-state index in [2.05, 4.69) is 11.6 Å². The first kappa shape index (κ1) is 16.0. The molecule has 1 aromatic heterocycles. The van der Waals surface area contributed by atoms with Crippen LogP contribution in [0.4, 0.5) is 0 Å². The fourth-order valence-corrected chi connectivity index (χ4v) is 1.89. The summed E-state index contributed by atoms with van der Waals surface area (Å²) in [6.45, 7) is 10.1. The Kier molecular flexibility index (Phi) is 6.50. The third-order valence-corrected chi connectivity index (χ3v) is 2.99. The highest BCUT2D eigenvalue weighted by Crippen LogP contribution is 2.23. The second-order valence-electron chi connectivity index (χ2n) is 4.47. The molecule has 1 atom stereocenters. The fourth-order valence-electron chi connectivity index (χ4n) is 1.89. The molecule has 1 heterocycles. The van der Waals surface area contributed by atoms with Gasteiger partial charge in [0, 0.05) is 24.5 Å². The van der Waals surface area contributed by atoms with E-state index >= 15 is 0 Å². The lowest BCUT2D eigenvalue weighted by atomic mass is 9.99. The minimum Gasteiger partial charge on any atom is -0.445 e. The van der Waals surface area contributed by atoms with Crippen molar-refractivity contribution in [3.05, 3.63) is 49.4 Å². The first-order chi connectivity index (χ1) is 9.63. The Morgan fingerprint density at radius 1 is 1.60 bits per heavy atom. The van der Waals surface area contributed by atoms with Gasteiger partial charge in [-0.2, -0.15) is 0 Å². The molecule has 1 unspecified atom stereocenters. The number of amides is 1. The van der Waals surface area contributed by atoms with Crippen LogP contribution >= 0.6 is 0 Å². The SMILES string of the molecule is C=CN(CC(C)/C(=C\C=C/C)c1ncco1)C(=O)CC. The average Bonchev–Trinajstić information content (AvgIpc) is 2.98. The van der Waals surface area contributed by atoms with Crippen molar-refractivity contribution in [2.45, 2.75) is 27.2 Å². The molecule has 0 aliphatic rings. The topological polar surface area (TPSA) is 46.3 Å². The standard InChI is InChI=1S/C16H22N2O2/c1-5-8-9-14(16-17-10-11-20-16)13(4)12-18(7-3)15(19)6-2/h5,7-11,13H,3,6,12H2,1-2,4H3/b8-5-,14-9+. The van der Waals surface area contributed by atoms with E-state index in [1.54, 1.807) is 23.6 Å². The second kappa shape index (κ2) is 8.15. The van der Waals surface area contributed by atoms with Gasteiger partial charge in [0.1, 0.15) is 6.26 Å². The molecule has 0 aromatic carbocycles. The molecule has 0 fully saturated rings. The predicted molar refractivity (Wildman–Crippen MR) is 80.7 cm³/mol. The van der Waals surface area contributed by atoms with Gasteiger partial charge in [0.25, 0.3) is 0 Å². The van der Waals surface area contributed by atoms with Crippen LogP contribution in [0.1, 0.15) is 33.1 Å². The smallest absolute Gasteiger partial charge is 0.226 e. The molecular weight excluding hydrogens is 252 g/mol. The van der Waals surface area contributed by atoms with Crippen molar-refractivity contribution >= 4 is 11.5 Å². The summed E-state index contributed by atoms with van der Waals surface area (Å²) in [4.78, 5) is 17.6. The Labute approximate surface area is 120 Å². The van der Waals surface area contributed by atoms with Crippen molar-refractivity contribution in [3.8, 4) is 0 Å². The molecule has 108 valence electrons. The summed E-state index contributed by atoms with van der Waals surface area (Å²) in [5.74, 6) is 0.742. The Morgan fingerprint density at radius 2 is 2.35 bits per heavy atom. The van der Waals surface area contributed by atoms with Crippen LogP contribution in [0.3, 0.4) is 0 Å². The van der Waals surface area contributed by atoms with Crippen molar-refractivity contribution in [3.63, 3.8) is 0 Å². The first-order valence-corrected chi connectivity index (χ1v) is 6.78. The van der Waals surface area contributed by atoms with Gasteiger partial charge in [-0.25, -0.2) is 4.98 Å². The molecule has 20 heavy (non-hydrogen) atoms. The van der Waals surface area contributed by atoms with Gasteiger partial charge < -0.3 is 9.32 Å². The largest absolute Gasteiger partial charge is 0.445 e. The van der Waals surface area contributed by atoms with Crippen LogP contribution in [0.2, 0.25) is 0 Å². The summed E-state index contributed by atoms with van der Waals surface area (Å²) < 4.78 is 5.37. The predicted octanol–water partition coefficient (Wildman–Crippen LogP) is 3.65. The molecule has 4 nitrogen and oxygen atoms in total. The minimum atomic E-state index is 0.0598. The van der Waals surface area contributed by atoms with Crippen molar-refractivity contribution in [2.24, 2.45) is 5.92 Å². The number of hydrogen-bond acceptors (Lipinski definition) is 3. The number of carbonyl (C=O) groups is 1. The van der Waals surface area contributed by atoms with E-state index < -0.39 is 0 Å². The maximum Gasteiger partial charge on any atom is 0.226 e. The zero-order chi connectivity index (χ0) is 15.0. The summed E-state index contributed by atoms with van der Waals surface area (Å²) >= 11 is 0. The molecule has 0 aliphatic carbocycles. The highest BCUT2D eigenvalue weighted by atomic mass is 16.3. The van der Waals surface area contributed by atoms with Crippen LogP contribution in [0.25, 0.3) is 5.57 Å². The number of nitrogens with zero attached hydrogens (tertiary/aromatic N) is 2. The third-order valence-electron chi connectivity index (χ3n) is 2.99. The third kappa shape index (κ3) is 4.23. The van der Waals surface area contributed by atoms with Crippen molar-refractivity contribution in [1.29, 1.82) is 0 Å². The van der Waals surface area contributed by atoms with E-state index in [0.717, 1.165) is 5.57 Å². The van der Waals surface area contributed by atoms with E-state index in [1.165, 1.54) is 0 Å². The molecule has 0 saturated carbocycles. The van der Waals surface area contributed by atoms with Crippen LogP contribution in [0, 0.1) is 5.92 Å². The molecule has 4 heteroatoms. The molecule has 0 saturated heterocycles. The molecule has 1 aromatic rings. The van der Waals surface area contributed by atoms with E-state index in [4.69, 9.17) is 4.42 Å². The van der Waals surface area contributed by atoms with E-state index in [0.29, 0.717) is 18.9 Å². The van der Waals surface area contributed by atoms with Gasteiger partial charge in [-0.15, -0.1) is 0 Å². The number of carbonyl (C=O) groups excluding carboxylic acids is 1. The molecular formula is C16H22N2O2. The zero-order valence-electron chi connectivity index (χ0n) is 12.4. The zero-order valence-corrected chi connectivity index (χ0v) is 12.4. The van der Waals surface area contributed by atoms with Gasteiger partial charge in [-0.3, -0.25) is 4.79 Å². The van der Waals surface area contributed by atoms with Gasteiger partial charge in [0.05, 0.1) is 6.20 Å². The van der Waals surface area contributed by atoms with Crippen LogP contribution in [0.5, 0.6) is 0 Å². The van der Waals surface area contributed by atoms with Gasteiger partial charge >= 0.3 is 0 Å². The van der Waals surface area contributed by atoms with E-state index in [-0.39, 0.29) is 11.8 Å². The Balaban J connectivity index is 2.92. The van der Waals surface area contributed by atoms with Crippen LogP contribution in [-0.2, 0) is 4.79 Å². The maximum atomic E-state index is 11.8.